The van der Waals surface area contributed by atoms with Crippen molar-refractivity contribution in [3.8, 4) is 0 Å². The van der Waals surface area contributed by atoms with Crippen LogP contribution in [0.1, 0.15) is 13.3 Å². The maximum absolute atomic E-state index is 10.5. The lowest BCUT2D eigenvalue weighted by atomic mass is 10.3. The molecule has 0 aromatic rings. The molecule has 0 fully saturated rings. The SMILES string of the molecule is CCNC(=O)C[CH]C(=O)O. The molecule has 1 amide bonds. The average molecular weight is 144 g/mol. The number of amides is 1. The van der Waals surface area contributed by atoms with Crippen molar-refractivity contribution in [2.24, 2.45) is 0 Å². The number of carbonyl (C=O) groups is 2. The van der Waals surface area contributed by atoms with Crippen LogP contribution < -0.4 is 5.32 Å². The van der Waals surface area contributed by atoms with Crippen LogP contribution in [0.4, 0.5) is 0 Å². The van der Waals surface area contributed by atoms with Crippen LogP contribution in [0.3, 0.4) is 0 Å². The van der Waals surface area contributed by atoms with Crippen LogP contribution in [0, 0.1) is 6.42 Å². The van der Waals surface area contributed by atoms with Gasteiger partial charge in [0.2, 0.25) is 5.91 Å². The first-order valence-electron chi connectivity index (χ1n) is 2.99. The molecule has 0 aliphatic rings. The van der Waals surface area contributed by atoms with E-state index in [2.05, 4.69) is 5.32 Å². The minimum Gasteiger partial charge on any atom is -0.481 e. The average Bonchev–Trinajstić information content (AvgIpc) is 1.85. The Balaban J connectivity index is 3.30. The predicted molar refractivity (Wildman–Crippen MR) is 35.2 cm³/mol. The second kappa shape index (κ2) is 4.78. The Morgan fingerprint density at radius 1 is 1.60 bits per heavy atom. The number of carboxylic acid groups (broad SMARTS) is 1. The van der Waals surface area contributed by atoms with Crippen molar-refractivity contribution in [1.29, 1.82) is 0 Å². The molecule has 2 N–H and O–H groups in total. The van der Waals surface area contributed by atoms with E-state index in [1.807, 2.05) is 0 Å². The highest BCUT2D eigenvalue weighted by atomic mass is 16.4. The first-order chi connectivity index (χ1) is 4.66. The largest absolute Gasteiger partial charge is 0.481 e. The number of aliphatic carboxylic acids is 1. The van der Waals surface area contributed by atoms with Gasteiger partial charge in [-0.2, -0.15) is 0 Å². The Hall–Kier alpha value is -1.06. The molecule has 0 aliphatic carbocycles. The molecule has 0 saturated heterocycles. The van der Waals surface area contributed by atoms with E-state index in [1.165, 1.54) is 0 Å². The van der Waals surface area contributed by atoms with Crippen molar-refractivity contribution in [2.45, 2.75) is 13.3 Å². The molecule has 0 spiro atoms. The fourth-order valence-corrected chi connectivity index (χ4v) is 0.449. The second-order valence-electron chi connectivity index (χ2n) is 1.70. The minimum absolute atomic E-state index is 0.0524. The number of nitrogens with one attached hydrogen (secondary N) is 1. The molecule has 0 heterocycles. The first kappa shape index (κ1) is 8.94. The zero-order valence-electron chi connectivity index (χ0n) is 5.76. The molecule has 0 saturated carbocycles. The number of rotatable bonds is 4. The lowest BCUT2D eigenvalue weighted by molar-refractivity contribution is -0.134. The van der Waals surface area contributed by atoms with E-state index >= 15 is 0 Å². The summed E-state index contributed by atoms with van der Waals surface area (Å²) in [6, 6.07) is 0. The van der Waals surface area contributed by atoms with Crippen LogP contribution in [-0.2, 0) is 9.59 Å². The molecule has 0 bridgehead atoms. The minimum atomic E-state index is -1.06. The fourth-order valence-electron chi connectivity index (χ4n) is 0.449. The summed E-state index contributed by atoms with van der Waals surface area (Å²) >= 11 is 0. The molecule has 1 radical (unpaired) electrons. The molecular weight excluding hydrogens is 134 g/mol. The highest BCUT2D eigenvalue weighted by molar-refractivity contribution is 5.86. The van der Waals surface area contributed by atoms with Crippen LogP contribution >= 0.6 is 0 Å². The van der Waals surface area contributed by atoms with Gasteiger partial charge in [0.25, 0.3) is 0 Å². The molecule has 0 aliphatic heterocycles. The van der Waals surface area contributed by atoms with Gasteiger partial charge in [0, 0.05) is 13.0 Å². The number of carboxylic acids is 1. The van der Waals surface area contributed by atoms with Gasteiger partial charge in [-0.15, -0.1) is 0 Å². The van der Waals surface area contributed by atoms with Crippen LogP contribution in [0.5, 0.6) is 0 Å². The summed E-state index contributed by atoms with van der Waals surface area (Å²) in [5, 5.41) is 10.6. The third kappa shape index (κ3) is 5.08. The Bertz CT molecular complexity index is 133. The zero-order chi connectivity index (χ0) is 7.98. The van der Waals surface area contributed by atoms with Gasteiger partial charge in [-0.05, 0) is 6.92 Å². The fraction of sp³-hybridized carbons (Fsp3) is 0.500. The summed E-state index contributed by atoms with van der Waals surface area (Å²) in [6.07, 6.45) is 0.869. The monoisotopic (exact) mass is 144 g/mol. The van der Waals surface area contributed by atoms with Crippen molar-refractivity contribution in [3.63, 3.8) is 0 Å². The van der Waals surface area contributed by atoms with Gasteiger partial charge in [-0.25, -0.2) is 0 Å². The van der Waals surface area contributed by atoms with Crippen molar-refractivity contribution < 1.29 is 14.7 Å². The lowest BCUT2D eigenvalue weighted by Crippen LogP contribution is -2.23. The summed E-state index contributed by atoms with van der Waals surface area (Å²) in [5.41, 5.74) is 0. The van der Waals surface area contributed by atoms with E-state index < -0.39 is 5.97 Å². The van der Waals surface area contributed by atoms with Gasteiger partial charge >= 0.3 is 5.97 Å². The van der Waals surface area contributed by atoms with Gasteiger partial charge in [0.15, 0.2) is 0 Å². The van der Waals surface area contributed by atoms with Gasteiger partial charge in [0.05, 0.1) is 6.42 Å². The number of hydrogen-bond donors (Lipinski definition) is 2. The smallest absolute Gasteiger partial charge is 0.307 e. The lowest BCUT2D eigenvalue weighted by Gasteiger charge is -1.97. The van der Waals surface area contributed by atoms with E-state index in [1.54, 1.807) is 6.92 Å². The molecule has 4 nitrogen and oxygen atoms in total. The maximum Gasteiger partial charge on any atom is 0.307 e. The standard InChI is InChI=1S/C6H10NO3/c1-2-7-5(8)3-4-6(9)10/h4H,2-3H2,1H3,(H,7,8)(H,9,10). The highest BCUT2D eigenvalue weighted by Gasteiger charge is 2.02. The quantitative estimate of drug-likeness (QED) is 0.574. The van der Waals surface area contributed by atoms with Crippen molar-refractivity contribution in [3.05, 3.63) is 6.42 Å². The maximum atomic E-state index is 10.5. The van der Waals surface area contributed by atoms with Crippen LogP contribution in [0.25, 0.3) is 0 Å². The highest BCUT2D eigenvalue weighted by Crippen LogP contribution is 1.85. The van der Waals surface area contributed by atoms with Crippen LogP contribution in [-0.4, -0.2) is 23.5 Å². The van der Waals surface area contributed by atoms with Crippen molar-refractivity contribution >= 4 is 11.9 Å². The normalized spacial score (nSPS) is 8.90. The van der Waals surface area contributed by atoms with E-state index in [4.69, 9.17) is 5.11 Å². The van der Waals surface area contributed by atoms with E-state index in [0.717, 1.165) is 6.42 Å². The van der Waals surface area contributed by atoms with E-state index in [-0.39, 0.29) is 12.3 Å². The van der Waals surface area contributed by atoms with Gasteiger partial charge in [0.1, 0.15) is 0 Å². The predicted octanol–water partition coefficient (Wildman–Crippen LogP) is -0.199. The van der Waals surface area contributed by atoms with E-state index in [9.17, 15) is 9.59 Å². The molecule has 57 valence electrons. The molecule has 4 heteroatoms. The Morgan fingerprint density at radius 2 is 2.20 bits per heavy atom. The second-order valence-corrected chi connectivity index (χ2v) is 1.70. The summed E-state index contributed by atoms with van der Waals surface area (Å²) in [6.45, 7) is 2.31. The summed E-state index contributed by atoms with van der Waals surface area (Å²) < 4.78 is 0. The summed E-state index contributed by atoms with van der Waals surface area (Å²) in [5.74, 6) is -1.32. The third-order valence-corrected chi connectivity index (χ3v) is 0.836. The molecule has 10 heavy (non-hydrogen) atoms. The van der Waals surface area contributed by atoms with Gasteiger partial charge < -0.3 is 10.4 Å². The molecule has 0 atom stereocenters. The third-order valence-electron chi connectivity index (χ3n) is 0.836. The molecule has 0 aromatic carbocycles. The topological polar surface area (TPSA) is 66.4 Å². The van der Waals surface area contributed by atoms with E-state index in [0.29, 0.717) is 6.54 Å². The van der Waals surface area contributed by atoms with Gasteiger partial charge in [-0.1, -0.05) is 0 Å². The van der Waals surface area contributed by atoms with Crippen molar-refractivity contribution in [1.82, 2.24) is 5.32 Å². The van der Waals surface area contributed by atoms with Crippen LogP contribution in [0.2, 0.25) is 0 Å². The zero-order valence-corrected chi connectivity index (χ0v) is 5.76. The Morgan fingerprint density at radius 3 is 2.60 bits per heavy atom. The Kier molecular flexibility index (Phi) is 4.28. The van der Waals surface area contributed by atoms with Crippen molar-refractivity contribution in [2.75, 3.05) is 6.54 Å². The summed E-state index contributed by atoms with van der Waals surface area (Å²) in [7, 11) is 0. The van der Waals surface area contributed by atoms with Gasteiger partial charge in [-0.3, -0.25) is 9.59 Å². The molecule has 0 rings (SSSR count). The molecule has 0 unspecified atom stereocenters. The Labute approximate surface area is 59.2 Å². The number of carbonyl (C=O) groups excluding carboxylic acids is 1. The summed E-state index contributed by atoms with van der Waals surface area (Å²) in [4.78, 5) is 20.4. The first-order valence-corrected chi connectivity index (χ1v) is 2.99. The number of hydrogen-bond acceptors (Lipinski definition) is 2. The molecular formula is C6H10NO3. The van der Waals surface area contributed by atoms with Crippen LogP contribution in [0.15, 0.2) is 0 Å². The molecule has 0 aromatic heterocycles.